The number of hydrogen-bond acceptors (Lipinski definition) is 16. The number of rotatable bonds is 11. The molecule has 5 aliphatic heterocycles. The summed E-state index contributed by atoms with van der Waals surface area (Å²) in [5, 5.41) is 23.9. The summed E-state index contributed by atoms with van der Waals surface area (Å²) >= 11 is 0. The number of hydrogen-bond donors (Lipinski definition) is 2. The van der Waals surface area contributed by atoms with Gasteiger partial charge < -0.3 is 57.7 Å². The van der Waals surface area contributed by atoms with Crippen LogP contribution in [-0.2, 0) is 66.6 Å². The van der Waals surface area contributed by atoms with Crippen LogP contribution >= 0.6 is 0 Å². The van der Waals surface area contributed by atoms with Crippen LogP contribution in [-0.4, -0.2) is 173 Å². The van der Waals surface area contributed by atoms with Gasteiger partial charge in [-0.1, -0.05) is 64.2 Å². The van der Waals surface area contributed by atoms with Gasteiger partial charge in [-0.05, 0) is 101 Å². The number of nitrogens with zero attached hydrogens (tertiary/aromatic N) is 1. The number of piperidine rings is 1. The zero-order valence-corrected chi connectivity index (χ0v) is 45.5. The molecule has 1 saturated carbocycles. The van der Waals surface area contributed by atoms with E-state index in [0.717, 1.165) is 18.4 Å². The molecule has 17 heteroatoms. The molecule has 0 aromatic heterocycles. The predicted octanol–water partition coefficient (Wildman–Crippen LogP) is 5.86. The summed E-state index contributed by atoms with van der Waals surface area (Å²) in [5.74, 6) is -8.53. The summed E-state index contributed by atoms with van der Waals surface area (Å²) in [7, 11) is 4.68. The number of allylic oxidation sites excluding steroid dienone is 6. The fraction of sp³-hybridized carbons (Fsp3) is 0.772. The number of ketones is 3. The van der Waals surface area contributed by atoms with Gasteiger partial charge in [0.1, 0.15) is 36.2 Å². The Morgan fingerprint density at radius 1 is 0.838 bits per heavy atom. The Hall–Kier alpha value is -3.49. The number of Topliss-reactive ketones (excluding diaryl/α,β-unsaturated/α-hetero) is 3. The molecule has 6 aliphatic rings. The normalized spacial score (nSPS) is 41.2. The lowest BCUT2D eigenvalue weighted by molar-refractivity contribution is -0.266. The van der Waals surface area contributed by atoms with Gasteiger partial charge in [-0.25, -0.2) is 4.79 Å². The SMILES string of the molecule is COCCO[C@@H]1CC[C@@H](CC2[C@H]3CCCN4C(=O)C(=O)[C@]5(O)O[C@@H](CC[C@H]5C)C[C@@H](OC[C@@H]5COCCO5)/C(C)=C/C=C/C=C/[C@@H](C)C[C@@H](C)C(=O)[C@H](OC)[C@H](O)/C(C)=C/[C@@H](C)C(=O)C[C@@H]2OC(=O)C34)C[C@H]1OC. The molecule has 6 rings (SSSR count). The van der Waals surface area contributed by atoms with Gasteiger partial charge in [0.05, 0.1) is 64.1 Å². The van der Waals surface area contributed by atoms with E-state index in [0.29, 0.717) is 83.6 Å². The highest BCUT2D eigenvalue weighted by Gasteiger charge is 2.57. The van der Waals surface area contributed by atoms with Gasteiger partial charge in [0, 0.05) is 64.4 Å². The summed E-state index contributed by atoms with van der Waals surface area (Å²) in [4.78, 5) is 73.3. The number of ether oxygens (including phenoxy) is 9. The van der Waals surface area contributed by atoms with Crippen LogP contribution in [0.3, 0.4) is 0 Å². The average molecular weight is 1040 g/mol. The molecule has 4 saturated heterocycles. The monoisotopic (exact) mass is 1040 g/mol. The van der Waals surface area contributed by atoms with Crippen LogP contribution in [0.1, 0.15) is 112 Å². The Kier molecular flexibility index (Phi) is 22.8. The van der Waals surface area contributed by atoms with Crippen molar-refractivity contribution in [3.63, 3.8) is 0 Å². The lowest BCUT2D eigenvalue weighted by atomic mass is 9.68. The highest BCUT2D eigenvalue weighted by molar-refractivity contribution is 6.39. The number of aliphatic hydroxyl groups excluding tert-OH is 1. The first-order chi connectivity index (χ1) is 35.4. The van der Waals surface area contributed by atoms with Crippen molar-refractivity contribution in [1.29, 1.82) is 0 Å². The van der Waals surface area contributed by atoms with Crippen molar-refractivity contribution in [3.05, 3.63) is 47.6 Å². The number of fused-ring (bicyclic) bond motifs is 4. The molecule has 0 aromatic carbocycles. The zero-order chi connectivity index (χ0) is 53.7. The van der Waals surface area contributed by atoms with Crippen LogP contribution < -0.4 is 0 Å². The molecule has 2 N–H and O–H groups in total. The molecule has 5 heterocycles. The zero-order valence-electron chi connectivity index (χ0n) is 45.5. The molecule has 0 aromatic rings. The number of amides is 1. The van der Waals surface area contributed by atoms with Crippen LogP contribution in [0.4, 0.5) is 0 Å². The highest BCUT2D eigenvalue weighted by Crippen LogP contribution is 2.45. The molecule has 1 aliphatic carbocycles. The molecule has 2 unspecified atom stereocenters. The summed E-state index contributed by atoms with van der Waals surface area (Å²) in [6.07, 6.45) is 11.3. The second-order valence-electron chi connectivity index (χ2n) is 22.0. The van der Waals surface area contributed by atoms with Gasteiger partial charge in [0.2, 0.25) is 5.79 Å². The molecule has 0 radical (unpaired) electrons. The van der Waals surface area contributed by atoms with E-state index in [1.807, 2.05) is 51.2 Å². The summed E-state index contributed by atoms with van der Waals surface area (Å²) in [5.41, 5.74) is 1.25. The van der Waals surface area contributed by atoms with Crippen LogP contribution in [0.2, 0.25) is 0 Å². The number of esters is 1. The first-order valence-corrected chi connectivity index (χ1v) is 27.3. The molecular formula is C57H87NO16. The highest BCUT2D eigenvalue weighted by atomic mass is 16.6. The van der Waals surface area contributed by atoms with Crippen molar-refractivity contribution in [3.8, 4) is 0 Å². The van der Waals surface area contributed by atoms with Gasteiger partial charge in [-0.3, -0.25) is 19.2 Å². The van der Waals surface area contributed by atoms with Crippen LogP contribution in [0.5, 0.6) is 0 Å². The molecule has 4 bridgehead atoms. The largest absolute Gasteiger partial charge is 0.460 e. The fourth-order valence-corrected chi connectivity index (χ4v) is 12.2. The quantitative estimate of drug-likeness (QED) is 0.107. The van der Waals surface area contributed by atoms with Crippen molar-refractivity contribution < 1.29 is 76.8 Å². The maximum absolute atomic E-state index is 14.7. The van der Waals surface area contributed by atoms with Crippen molar-refractivity contribution in [1.82, 2.24) is 4.90 Å². The Bertz CT molecular complexity index is 2010. The second kappa shape index (κ2) is 28.2. The van der Waals surface area contributed by atoms with Crippen molar-refractivity contribution in [2.24, 2.45) is 41.4 Å². The summed E-state index contributed by atoms with van der Waals surface area (Å²) in [6, 6.07) is -1.14. The molecule has 74 heavy (non-hydrogen) atoms. The molecule has 416 valence electrons. The van der Waals surface area contributed by atoms with Gasteiger partial charge in [0.25, 0.3) is 11.7 Å². The molecule has 1 amide bonds. The van der Waals surface area contributed by atoms with Crippen LogP contribution in [0.15, 0.2) is 47.6 Å². The third-order valence-electron chi connectivity index (χ3n) is 16.6. The Balaban J connectivity index is 1.33. The van der Waals surface area contributed by atoms with E-state index < -0.39 is 83.7 Å². The van der Waals surface area contributed by atoms with Gasteiger partial charge in [-0.2, -0.15) is 0 Å². The number of carbonyl (C=O) groups excluding carboxylic acids is 5. The van der Waals surface area contributed by atoms with Crippen molar-refractivity contribution in [2.75, 3.05) is 67.5 Å². The minimum Gasteiger partial charge on any atom is -0.460 e. The molecule has 17 nitrogen and oxygen atoms in total. The number of aliphatic hydroxyl groups is 2. The van der Waals surface area contributed by atoms with Gasteiger partial charge in [-0.15, -0.1) is 0 Å². The molecule has 5 fully saturated rings. The van der Waals surface area contributed by atoms with E-state index in [1.54, 1.807) is 41.1 Å². The van der Waals surface area contributed by atoms with Crippen molar-refractivity contribution in [2.45, 2.75) is 173 Å². The first-order valence-electron chi connectivity index (χ1n) is 27.3. The van der Waals surface area contributed by atoms with E-state index in [1.165, 1.54) is 12.0 Å². The second-order valence-corrected chi connectivity index (χ2v) is 22.0. The predicted molar refractivity (Wildman–Crippen MR) is 273 cm³/mol. The smallest absolute Gasteiger partial charge is 0.329 e. The lowest BCUT2D eigenvalue weighted by Crippen LogP contribution is -2.65. The number of carbonyl (C=O) groups is 5. The molecule has 0 spiro atoms. The van der Waals surface area contributed by atoms with E-state index in [2.05, 4.69) is 0 Å². The first kappa shape index (κ1) is 59.7. The molecular weight excluding hydrogens is 955 g/mol. The van der Waals surface area contributed by atoms with Crippen LogP contribution in [0.25, 0.3) is 0 Å². The summed E-state index contributed by atoms with van der Waals surface area (Å²) in [6.45, 7) is 13.4. The Labute approximate surface area is 439 Å². The van der Waals surface area contributed by atoms with E-state index in [-0.39, 0.29) is 73.6 Å². The standard InChI is InChI=1S/C57H87NO16/c1-34-14-11-10-12-15-35(2)47(72-33-42-32-69-23-25-70-42)30-41-19-17-39(6)57(65,74-41)54(62)55(63)58-21-13-16-43-44(28-40-18-20-46(49(29-40)67-8)71-24-22-66-7)48(73-56(64)50(43)58)31-45(59)36(3)27-38(5)52(61)53(68-9)51(60)37(4)26-34/h10-12,14-15,27,34,36-37,39-44,46-50,52-53,61,65H,13,16-26,28-33H2,1-9H3/b12-10+,14-11+,35-15+,38-27+/t34-,36-,37-,39-,40+,41+,42+,43-,44?,46-,47-,48+,49-,50?,52-,53+,57-/m1/s1. The van der Waals surface area contributed by atoms with E-state index in [9.17, 15) is 34.2 Å². The minimum atomic E-state index is -2.48. The number of methoxy groups -OCH3 is 3. The molecule has 17 atom stereocenters. The lowest BCUT2D eigenvalue weighted by Gasteiger charge is -2.50. The average Bonchev–Trinajstić information content (AvgIpc) is 3.39. The van der Waals surface area contributed by atoms with Crippen LogP contribution in [0, 0.1) is 41.4 Å². The van der Waals surface area contributed by atoms with E-state index in [4.69, 9.17) is 42.6 Å². The maximum Gasteiger partial charge on any atom is 0.329 e. The Morgan fingerprint density at radius 2 is 1.62 bits per heavy atom. The minimum absolute atomic E-state index is 0.00234. The fourth-order valence-electron chi connectivity index (χ4n) is 12.2. The van der Waals surface area contributed by atoms with Crippen molar-refractivity contribution >= 4 is 29.2 Å². The third-order valence-corrected chi connectivity index (χ3v) is 16.6. The third kappa shape index (κ3) is 15.2. The van der Waals surface area contributed by atoms with E-state index >= 15 is 0 Å². The summed E-state index contributed by atoms with van der Waals surface area (Å²) < 4.78 is 53.6. The van der Waals surface area contributed by atoms with Gasteiger partial charge >= 0.3 is 5.97 Å². The van der Waals surface area contributed by atoms with Gasteiger partial charge in [0.15, 0.2) is 5.78 Å². The maximum atomic E-state index is 14.7. The Morgan fingerprint density at radius 3 is 2.34 bits per heavy atom. The topological polar surface area (TPSA) is 212 Å².